The second-order valence-electron chi connectivity index (χ2n) is 6.26. The van der Waals surface area contributed by atoms with Crippen LogP contribution in [0.1, 0.15) is 15.9 Å². The van der Waals surface area contributed by atoms with E-state index >= 15 is 0 Å². The van der Waals surface area contributed by atoms with E-state index in [4.69, 9.17) is 14.2 Å². The van der Waals surface area contributed by atoms with Crippen LogP contribution in [0.2, 0.25) is 0 Å². The number of benzene rings is 1. The summed E-state index contributed by atoms with van der Waals surface area (Å²) in [5, 5.41) is 0. The molecule has 0 N–H and O–H groups in total. The maximum atomic E-state index is 12.3. The minimum Gasteiger partial charge on any atom is -0.467 e. The molecular formula is C18H23N5O4. The number of rotatable bonds is 6. The van der Waals surface area contributed by atoms with Gasteiger partial charge in [0.05, 0.1) is 19.8 Å². The number of piperazine rings is 1. The van der Waals surface area contributed by atoms with Gasteiger partial charge in [-0.2, -0.15) is 0 Å². The van der Waals surface area contributed by atoms with Crippen molar-refractivity contribution in [2.45, 2.75) is 6.54 Å². The second-order valence-corrected chi connectivity index (χ2v) is 6.26. The summed E-state index contributed by atoms with van der Waals surface area (Å²) in [6, 6.07) is 7.18. The molecule has 0 spiro atoms. The number of hydrogen-bond acceptors (Lipinski definition) is 9. The number of likely N-dealkylation sites (N-methyl/N-ethyl adjacent to an activating group) is 1. The Morgan fingerprint density at radius 1 is 0.926 bits per heavy atom. The molecule has 0 unspecified atom stereocenters. The highest BCUT2D eigenvalue weighted by atomic mass is 16.6. The third kappa shape index (κ3) is 5.11. The summed E-state index contributed by atoms with van der Waals surface area (Å²) in [4.78, 5) is 28.7. The van der Waals surface area contributed by atoms with Crippen LogP contribution in [0.25, 0.3) is 0 Å². The molecule has 0 atom stereocenters. The number of methoxy groups -OCH3 is 2. The monoisotopic (exact) mass is 373 g/mol. The van der Waals surface area contributed by atoms with E-state index in [1.165, 1.54) is 14.2 Å². The van der Waals surface area contributed by atoms with Crippen molar-refractivity contribution in [3.63, 3.8) is 0 Å². The number of carbonyl (C=O) groups is 1. The molecule has 0 saturated carbocycles. The number of aromatic nitrogens is 3. The maximum Gasteiger partial charge on any atom is 0.345 e. The first-order valence-electron chi connectivity index (χ1n) is 8.63. The third-order valence-electron chi connectivity index (χ3n) is 4.31. The van der Waals surface area contributed by atoms with Crippen LogP contribution < -0.4 is 14.2 Å². The topological polar surface area (TPSA) is 89.9 Å². The lowest BCUT2D eigenvalue weighted by Crippen LogP contribution is -2.43. The van der Waals surface area contributed by atoms with E-state index in [9.17, 15) is 4.79 Å². The Labute approximate surface area is 157 Å². The van der Waals surface area contributed by atoms with Gasteiger partial charge in [-0.3, -0.25) is 4.90 Å². The van der Waals surface area contributed by atoms with Gasteiger partial charge in [0.2, 0.25) is 0 Å². The lowest BCUT2D eigenvalue weighted by molar-refractivity contribution is 0.0716. The molecule has 0 radical (unpaired) electrons. The Balaban J connectivity index is 1.62. The van der Waals surface area contributed by atoms with Crippen molar-refractivity contribution < 1.29 is 19.0 Å². The van der Waals surface area contributed by atoms with E-state index in [-0.39, 0.29) is 18.0 Å². The lowest BCUT2D eigenvalue weighted by Gasteiger charge is -2.32. The van der Waals surface area contributed by atoms with Crippen molar-refractivity contribution in [1.29, 1.82) is 0 Å². The smallest absolute Gasteiger partial charge is 0.345 e. The van der Waals surface area contributed by atoms with Crippen LogP contribution in [0.15, 0.2) is 24.3 Å². The van der Waals surface area contributed by atoms with Crippen molar-refractivity contribution in [2.24, 2.45) is 0 Å². The lowest BCUT2D eigenvalue weighted by atomic mass is 10.1. The number of ether oxygens (including phenoxy) is 3. The zero-order valence-corrected chi connectivity index (χ0v) is 15.7. The quantitative estimate of drug-likeness (QED) is 0.684. The molecule has 1 aliphatic heterocycles. The highest BCUT2D eigenvalue weighted by Gasteiger charge is 2.16. The molecule has 9 heteroatoms. The summed E-state index contributed by atoms with van der Waals surface area (Å²) in [5.74, 6) is -0.559. The normalized spacial score (nSPS) is 15.4. The zero-order chi connectivity index (χ0) is 19.2. The van der Waals surface area contributed by atoms with E-state index < -0.39 is 5.97 Å². The van der Waals surface area contributed by atoms with E-state index in [2.05, 4.69) is 31.8 Å². The van der Waals surface area contributed by atoms with Gasteiger partial charge in [0.15, 0.2) is 0 Å². The molecule has 1 aromatic heterocycles. The minimum absolute atomic E-state index is 0.00664. The van der Waals surface area contributed by atoms with Gasteiger partial charge >= 0.3 is 24.0 Å². The van der Waals surface area contributed by atoms with Crippen LogP contribution in [0.5, 0.6) is 18.0 Å². The standard InChI is InChI=1S/C18H23N5O4/c1-22-8-10-23(11-9-22)12-13-4-6-14(7-5-13)15(24)27-18-20-16(25-2)19-17(21-18)26-3/h4-7H,8-12H2,1-3H3. The molecular weight excluding hydrogens is 350 g/mol. The summed E-state index contributed by atoms with van der Waals surface area (Å²) < 4.78 is 15.1. The highest BCUT2D eigenvalue weighted by Crippen LogP contribution is 2.16. The SMILES string of the molecule is COc1nc(OC)nc(OC(=O)c2ccc(CN3CCN(C)CC3)cc2)n1. The average Bonchev–Trinajstić information content (AvgIpc) is 2.70. The molecule has 1 saturated heterocycles. The Bertz CT molecular complexity index is 754. The molecule has 0 bridgehead atoms. The molecule has 0 aliphatic carbocycles. The van der Waals surface area contributed by atoms with Gasteiger partial charge in [-0.15, -0.1) is 15.0 Å². The summed E-state index contributed by atoms with van der Waals surface area (Å²) in [7, 11) is 4.94. The minimum atomic E-state index is -0.559. The Morgan fingerprint density at radius 3 is 2.04 bits per heavy atom. The fourth-order valence-corrected chi connectivity index (χ4v) is 2.70. The molecule has 3 rings (SSSR count). The van der Waals surface area contributed by atoms with Gasteiger partial charge in [-0.05, 0) is 24.7 Å². The molecule has 1 fully saturated rings. The van der Waals surface area contributed by atoms with Crippen LogP contribution >= 0.6 is 0 Å². The van der Waals surface area contributed by atoms with E-state index in [0.29, 0.717) is 5.56 Å². The van der Waals surface area contributed by atoms with Crippen molar-refractivity contribution >= 4 is 5.97 Å². The van der Waals surface area contributed by atoms with Crippen LogP contribution in [0.4, 0.5) is 0 Å². The van der Waals surface area contributed by atoms with Gasteiger partial charge in [-0.25, -0.2) is 4.79 Å². The third-order valence-corrected chi connectivity index (χ3v) is 4.31. The van der Waals surface area contributed by atoms with Crippen molar-refractivity contribution in [3.8, 4) is 18.0 Å². The van der Waals surface area contributed by atoms with Crippen molar-refractivity contribution in [2.75, 3.05) is 47.4 Å². The van der Waals surface area contributed by atoms with Crippen LogP contribution in [0, 0.1) is 0 Å². The Morgan fingerprint density at radius 2 is 1.48 bits per heavy atom. The second kappa shape index (κ2) is 8.74. The van der Waals surface area contributed by atoms with Gasteiger partial charge in [0, 0.05) is 32.7 Å². The molecule has 1 aliphatic rings. The fourth-order valence-electron chi connectivity index (χ4n) is 2.70. The first-order chi connectivity index (χ1) is 13.1. The van der Waals surface area contributed by atoms with Crippen LogP contribution in [0.3, 0.4) is 0 Å². The summed E-state index contributed by atoms with van der Waals surface area (Å²) in [5.41, 5.74) is 1.56. The number of nitrogens with zero attached hydrogens (tertiary/aromatic N) is 5. The Hall–Kier alpha value is -2.78. The first kappa shape index (κ1) is 19.0. The van der Waals surface area contributed by atoms with Gasteiger partial charge in [-0.1, -0.05) is 12.1 Å². The number of hydrogen-bond donors (Lipinski definition) is 0. The predicted molar refractivity (Wildman–Crippen MR) is 97.1 cm³/mol. The van der Waals surface area contributed by atoms with Gasteiger partial charge < -0.3 is 19.1 Å². The summed E-state index contributed by atoms with van der Waals surface area (Å²) >= 11 is 0. The largest absolute Gasteiger partial charge is 0.467 e. The number of carbonyl (C=O) groups excluding carboxylic acids is 1. The van der Waals surface area contributed by atoms with Crippen molar-refractivity contribution in [3.05, 3.63) is 35.4 Å². The number of esters is 1. The predicted octanol–water partition coefficient (Wildman–Crippen LogP) is 0.855. The van der Waals surface area contributed by atoms with Gasteiger partial charge in [0.1, 0.15) is 0 Å². The molecule has 144 valence electrons. The molecule has 27 heavy (non-hydrogen) atoms. The summed E-state index contributed by atoms with van der Waals surface area (Å²) in [6.45, 7) is 5.10. The maximum absolute atomic E-state index is 12.3. The highest BCUT2D eigenvalue weighted by molar-refractivity contribution is 5.90. The summed E-state index contributed by atoms with van der Waals surface area (Å²) in [6.07, 6.45) is 0. The van der Waals surface area contributed by atoms with E-state index in [1.54, 1.807) is 12.1 Å². The fraction of sp³-hybridized carbons (Fsp3) is 0.444. The van der Waals surface area contributed by atoms with Crippen molar-refractivity contribution in [1.82, 2.24) is 24.8 Å². The molecule has 2 aromatic rings. The zero-order valence-electron chi connectivity index (χ0n) is 15.7. The molecule has 0 amide bonds. The van der Waals surface area contributed by atoms with E-state index in [0.717, 1.165) is 38.3 Å². The van der Waals surface area contributed by atoms with E-state index in [1.807, 2.05) is 12.1 Å². The Kier molecular flexibility index (Phi) is 6.15. The van der Waals surface area contributed by atoms with Crippen LogP contribution in [-0.2, 0) is 6.54 Å². The molecule has 2 heterocycles. The van der Waals surface area contributed by atoms with Gasteiger partial charge in [0.25, 0.3) is 0 Å². The first-order valence-corrected chi connectivity index (χ1v) is 8.63. The van der Waals surface area contributed by atoms with Crippen LogP contribution in [-0.4, -0.2) is 78.2 Å². The average molecular weight is 373 g/mol. The molecule has 9 nitrogen and oxygen atoms in total. The molecule has 1 aromatic carbocycles.